The molecule has 0 radical (unpaired) electrons. The van der Waals surface area contributed by atoms with Gasteiger partial charge in [-0.25, -0.2) is 5.84 Å². The highest BCUT2D eigenvalue weighted by Gasteiger charge is 2.07. The fourth-order valence-electron chi connectivity index (χ4n) is 1.61. The fraction of sp³-hybridized carbons (Fsp3) is 0.214. The van der Waals surface area contributed by atoms with Gasteiger partial charge in [0, 0.05) is 4.88 Å². The number of carbonyl (C=O) groups excluding carboxylic acids is 1. The van der Waals surface area contributed by atoms with Crippen LogP contribution >= 0.6 is 11.3 Å². The third-order valence-electron chi connectivity index (χ3n) is 2.88. The summed E-state index contributed by atoms with van der Waals surface area (Å²) >= 11 is 1.38. The van der Waals surface area contributed by atoms with Crippen LogP contribution in [0.15, 0.2) is 30.3 Å². The van der Waals surface area contributed by atoms with Gasteiger partial charge in [-0.2, -0.15) is 0 Å². The molecule has 0 spiro atoms. The van der Waals surface area contributed by atoms with Crippen molar-refractivity contribution in [3.8, 4) is 5.75 Å². The standard InChI is InChI=1S/C14H16N2O2S/c1-9-3-4-11(7-10(9)2)18-8-12-5-6-13(19-12)14(17)16-15/h3-7H,8,15H2,1-2H3,(H,16,17). The van der Waals surface area contributed by atoms with Crippen LogP contribution in [0.1, 0.15) is 25.7 Å². The Kier molecular flexibility index (Phi) is 4.19. The normalized spacial score (nSPS) is 10.3. The second-order valence-corrected chi connectivity index (χ2v) is 5.44. The number of amides is 1. The van der Waals surface area contributed by atoms with Crippen LogP contribution in [0.25, 0.3) is 0 Å². The lowest BCUT2D eigenvalue weighted by Crippen LogP contribution is -2.29. The highest BCUT2D eigenvalue weighted by atomic mass is 32.1. The Balaban J connectivity index is 2.00. The molecule has 1 aromatic carbocycles. The third-order valence-corrected chi connectivity index (χ3v) is 3.93. The van der Waals surface area contributed by atoms with Crippen molar-refractivity contribution in [2.45, 2.75) is 20.5 Å². The first kappa shape index (κ1) is 13.6. The van der Waals surface area contributed by atoms with E-state index in [1.165, 1.54) is 22.5 Å². The number of ether oxygens (including phenoxy) is 1. The smallest absolute Gasteiger partial charge is 0.275 e. The van der Waals surface area contributed by atoms with Crippen LogP contribution in [0.3, 0.4) is 0 Å². The molecule has 0 saturated heterocycles. The molecule has 0 bridgehead atoms. The minimum atomic E-state index is -0.276. The first-order valence-corrected chi connectivity index (χ1v) is 6.71. The highest BCUT2D eigenvalue weighted by molar-refractivity contribution is 7.14. The van der Waals surface area contributed by atoms with E-state index >= 15 is 0 Å². The Bertz CT molecular complexity index is 593. The van der Waals surface area contributed by atoms with E-state index in [1.54, 1.807) is 6.07 Å². The highest BCUT2D eigenvalue weighted by Crippen LogP contribution is 2.21. The van der Waals surface area contributed by atoms with Crippen molar-refractivity contribution in [3.63, 3.8) is 0 Å². The monoisotopic (exact) mass is 276 g/mol. The number of nitrogens with two attached hydrogens (primary N) is 1. The van der Waals surface area contributed by atoms with Crippen molar-refractivity contribution in [1.29, 1.82) is 0 Å². The van der Waals surface area contributed by atoms with Gasteiger partial charge in [-0.05, 0) is 49.2 Å². The Labute approximate surface area is 116 Å². The second kappa shape index (κ2) is 5.86. The molecule has 0 atom stereocenters. The predicted molar refractivity (Wildman–Crippen MR) is 76.2 cm³/mol. The SMILES string of the molecule is Cc1ccc(OCc2ccc(C(=O)NN)s2)cc1C. The summed E-state index contributed by atoms with van der Waals surface area (Å²) in [6, 6.07) is 9.61. The molecule has 0 aliphatic heterocycles. The molecule has 0 saturated carbocycles. The molecular weight excluding hydrogens is 260 g/mol. The van der Waals surface area contributed by atoms with Crippen molar-refractivity contribution >= 4 is 17.2 Å². The second-order valence-electron chi connectivity index (χ2n) is 4.27. The van der Waals surface area contributed by atoms with Gasteiger partial charge in [-0.3, -0.25) is 10.2 Å². The fourth-order valence-corrected chi connectivity index (χ4v) is 2.43. The maximum atomic E-state index is 11.3. The number of rotatable bonds is 4. The number of benzene rings is 1. The largest absolute Gasteiger partial charge is 0.488 e. The summed E-state index contributed by atoms with van der Waals surface area (Å²) in [4.78, 5) is 12.9. The van der Waals surface area contributed by atoms with E-state index in [1.807, 2.05) is 24.3 Å². The summed E-state index contributed by atoms with van der Waals surface area (Å²) in [7, 11) is 0. The Morgan fingerprint density at radius 1 is 1.26 bits per heavy atom. The first-order chi connectivity index (χ1) is 9.10. The molecule has 100 valence electrons. The van der Waals surface area contributed by atoms with E-state index in [2.05, 4.69) is 19.3 Å². The zero-order valence-corrected chi connectivity index (χ0v) is 11.7. The maximum absolute atomic E-state index is 11.3. The van der Waals surface area contributed by atoms with Crippen LogP contribution in [0, 0.1) is 13.8 Å². The van der Waals surface area contributed by atoms with Crippen LogP contribution in [0.5, 0.6) is 5.75 Å². The molecule has 0 unspecified atom stereocenters. The number of aryl methyl sites for hydroxylation is 2. The van der Waals surface area contributed by atoms with Gasteiger partial charge in [-0.1, -0.05) is 6.07 Å². The number of hydrazine groups is 1. The van der Waals surface area contributed by atoms with Crippen LogP contribution < -0.4 is 16.0 Å². The molecular formula is C14H16N2O2S. The van der Waals surface area contributed by atoms with Crippen molar-refractivity contribution in [2.24, 2.45) is 5.84 Å². The van der Waals surface area contributed by atoms with Gasteiger partial charge in [0.1, 0.15) is 12.4 Å². The molecule has 19 heavy (non-hydrogen) atoms. The quantitative estimate of drug-likeness (QED) is 0.512. The van der Waals surface area contributed by atoms with Crippen molar-refractivity contribution in [3.05, 3.63) is 51.2 Å². The third kappa shape index (κ3) is 3.33. The predicted octanol–water partition coefficient (Wildman–Crippen LogP) is 2.55. The van der Waals surface area contributed by atoms with Crippen molar-refractivity contribution in [2.75, 3.05) is 0 Å². The van der Waals surface area contributed by atoms with Gasteiger partial charge in [0.05, 0.1) is 4.88 Å². The van der Waals surface area contributed by atoms with Crippen molar-refractivity contribution < 1.29 is 9.53 Å². The molecule has 2 rings (SSSR count). The van der Waals surface area contributed by atoms with Crippen LogP contribution in [0.4, 0.5) is 0 Å². The lowest BCUT2D eigenvalue weighted by atomic mass is 10.1. The van der Waals surface area contributed by atoms with E-state index in [0.29, 0.717) is 11.5 Å². The van der Waals surface area contributed by atoms with E-state index in [-0.39, 0.29) is 5.91 Å². The molecule has 4 nitrogen and oxygen atoms in total. The van der Waals surface area contributed by atoms with E-state index < -0.39 is 0 Å². The van der Waals surface area contributed by atoms with Gasteiger partial charge >= 0.3 is 0 Å². The lowest BCUT2D eigenvalue weighted by molar-refractivity contribution is 0.0957. The summed E-state index contributed by atoms with van der Waals surface area (Å²) < 4.78 is 5.70. The van der Waals surface area contributed by atoms with Crippen LogP contribution in [0.2, 0.25) is 0 Å². The van der Waals surface area contributed by atoms with Gasteiger partial charge in [-0.15, -0.1) is 11.3 Å². The van der Waals surface area contributed by atoms with Crippen LogP contribution in [-0.4, -0.2) is 5.91 Å². The number of hydrogen-bond acceptors (Lipinski definition) is 4. The summed E-state index contributed by atoms with van der Waals surface area (Å²) in [5, 5.41) is 0. The molecule has 0 fully saturated rings. The van der Waals surface area contributed by atoms with E-state index in [9.17, 15) is 4.79 Å². The summed E-state index contributed by atoms with van der Waals surface area (Å²) in [6.07, 6.45) is 0. The molecule has 0 aliphatic rings. The number of hydrogen-bond donors (Lipinski definition) is 2. The van der Waals surface area contributed by atoms with Gasteiger partial charge in [0.15, 0.2) is 0 Å². The first-order valence-electron chi connectivity index (χ1n) is 5.90. The molecule has 0 aliphatic carbocycles. The number of thiophene rings is 1. The number of carbonyl (C=O) groups is 1. The molecule has 3 N–H and O–H groups in total. The molecule has 5 heteroatoms. The maximum Gasteiger partial charge on any atom is 0.275 e. The molecule has 1 aromatic heterocycles. The van der Waals surface area contributed by atoms with Crippen LogP contribution in [-0.2, 0) is 6.61 Å². The average Bonchev–Trinajstić information content (AvgIpc) is 2.88. The lowest BCUT2D eigenvalue weighted by Gasteiger charge is -2.07. The zero-order valence-electron chi connectivity index (χ0n) is 10.9. The topological polar surface area (TPSA) is 64.3 Å². The molecule has 1 amide bonds. The zero-order chi connectivity index (χ0) is 13.8. The van der Waals surface area contributed by atoms with Gasteiger partial charge in [0.2, 0.25) is 0 Å². The molecule has 1 heterocycles. The number of nitrogens with one attached hydrogen (secondary N) is 1. The van der Waals surface area contributed by atoms with Gasteiger partial charge in [0.25, 0.3) is 5.91 Å². The van der Waals surface area contributed by atoms with Gasteiger partial charge < -0.3 is 4.74 Å². The Morgan fingerprint density at radius 3 is 2.74 bits per heavy atom. The molecule has 2 aromatic rings. The summed E-state index contributed by atoms with van der Waals surface area (Å²) in [5.41, 5.74) is 4.55. The number of nitrogen functional groups attached to an aromatic ring is 1. The van der Waals surface area contributed by atoms with E-state index in [0.717, 1.165) is 10.6 Å². The minimum absolute atomic E-state index is 0.276. The average molecular weight is 276 g/mol. The van der Waals surface area contributed by atoms with Crippen molar-refractivity contribution in [1.82, 2.24) is 5.43 Å². The van der Waals surface area contributed by atoms with E-state index in [4.69, 9.17) is 10.6 Å². The summed E-state index contributed by atoms with van der Waals surface area (Å²) in [6.45, 7) is 4.57. The minimum Gasteiger partial charge on any atom is -0.488 e. The Morgan fingerprint density at radius 2 is 2.05 bits per heavy atom. The Hall–Kier alpha value is -1.85. The summed E-state index contributed by atoms with van der Waals surface area (Å²) in [5.74, 6) is 5.64.